The second-order valence-corrected chi connectivity index (χ2v) is 7.07. The number of thiophene rings is 1. The van der Waals surface area contributed by atoms with Gasteiger partial charge in [-0.05, 0) is 67.2 Å². The summed E-state index contributed by atoms with van der Waals surface area (Å²) in [6, 6.07) is 6.34. The minimum atomic E-state index is 1.20. The normalized spacial score (nSPS) is 10.9. The lowest BCUT2D eigenvalue weighted by atomic mass is 10.3. The van der Waals surface area contributed by atoms with Crippen LogP contribution in [0.1, 0.15) is 0 Å². The zero-order valence-electron chi connectivity index (χ0n) is 5.77. The van der Waals surface area contributed by atoms with Gasteiger partial charge >= 0.3 is 0 Å². The van der Waals surface area contributed by atoms with Crippen molar-refractivity contribution in [3.8, 4) is 0 Å². The standard InChI is InChI=1S/C8H3BrI2S/c9-5-3-1-2-4-6(10)8(11)12-7(4)5/h1-3H. The Morgan fingerprint density at radius 3 is 2.67 bits per heavy atom. The molecule has 0 amide bonds. The van der Waals surface area contributed by atoms with Crippen molar-refractivity contribution in [3.05, 3.63) is 29.1 Å². The summed E-state index contributed by atoms with van der Waals surface area (Å²) in [4.78, 5) is 0. The second kappa shape index (κ2) is 3.70. The third-order valence-electron chi connectivity index (χ3n) is 1.57. The molecule has 1 aromatic carbocycles. The van der Waals surface area contributed by atoms with Gasteiger partial charge in [0.2, 0.25) is 0 Å². The molecule has 2 aromatic rings. The van der Waals surface area contributed by atoms with Gasteiger partial charge in [0.25, 0.3) is 0 Å². The Balaban J connectivity index is 2.95. The van der Waals surface area contributed by atoms with Crippen molar-refractivity contribution in [3.63, 3.8) is 0 Å². The van der Waals surface area contributed by atoms with Gasteiger partial charge in [-0.15, -0.1) is 11.3 Å². The highest BCUT2D eigenvalue weighted by molar-refractivity contribution is 14.1. The van der Waals surface area contributed by atoms with Gasteiger partial charge in [-0.2, -0.15) is 0 Å². The minimum Gasteiger partial charge on any atom is -0.127 e. The van der Waals surface area contributed by atoms with Crippen molar-refractivity contribution >= 4 is 82.5 Å². The van der Waals surface area contributed by atoms with Gasteiger partial charge < -0.3 is 0 Å². The molecule has 0 aliphatic rings. The Bertz CT molecular complexity index is 436. The average molecular weight is 465 g/mol. The lowest BCUT2D eigenvalue weighted by Crippen LogP contribution is -1.68. The third-order valence-corrected chi connectivity index (χ3v) is 7.24. The van der Waals surface area contributed by atoms with Crippen molar-refractivity contribution in [1.82, 2.24) is 0 Å². The maximum atomic E-state index is 3.55. The third kappa shape index (κ3) is 1.55. The predicted molar refractivity (Wildman–Crippen MR) is 75.0 cm³/mol. The molecule has 0 bridgehead atoms. The van der Waals surface area contributed by atoms with Gasteiger partial charge in [0.15, 0.2) is 0 Å². The number of benzene rings is 1. The molecule has 0 saturated heterocycles. The quantitative estimate of drug-likeness (QED) is 0.488. The Kier molecular flexibility index (Phi) is 2.98. The highest BCUT2D eigenvalue weighted by Crippen LogP contribution is 2.37. The first kappa shape index (κ1) is 9.67. The maximum Gasteiger partial charge on any atom is 0.0799 e. The van der Waals surface area contributed by atoms with E-state index in [0.717, 1.165) is 0 Å². The van der Waals surface area contributed by atoms with E-state index >= 15 is 0 Å². The number of fused-ring (bicyclic) bond motifs is 1. The highest BCUT2D eigenvalue weighted by atomic mass is 127. The van der Waals surface area contributed by atoms with Crippen LogP contribution in [0.4, 0.5) is 0 Å². The van der Waals surface area contributed by atoms with Crippen LogP contribution in [0.2, 0.25) is 0 Å². The van der Waals surface area contributed by atoms with Crippen LogP contribution in [0.5, 0.6) is 0 Å². The molecule has 0 radical (unpaired) electrons. The molecule has 0 atom stereocenters. The van der Waals surface area contributed by atoms with Crippen LogP contribution >= 0.6 is 72.4 Å². The molecule has 62 valence electrons. The molecule has 1 heterocycles. The van der Waals surface area contributed by atoms with E-state index in [1.54, 1.807) is 0 Å². The van der Waals surface area contributed by atoms with E-state index in [1.807, 2.05) is 11.3 Å². The second-order valence-electron chi connectivity index (χ2n) is 2.31. The van der Waals surface area contributed by atoms with Gasteiger partial charge in [0, 0.05) is 13.4 Å². The van der Waals surface area contributed by atoms with Crippen molar-refractivity contribution in [2.24, 2.45) is 0 Å². The average Bonchev–Trinajstić information content (AvgIpc) is 2.32. The largest absolute Gasteiger partial charge is 0.127 e. The van der Waals surface area contributed by atoms with Crippen molar-refractivity contribution in [2.75, 3.05) is 0 Å². The fraction of sp³-hybridized carbons (Fsp3) is 0. The smallest absolute Gasteiger partial charge is 0.0799 e. The summed E-state index contributed by atoms with van der Waals surface area (Å²) in [5.74, 6) is 0. The van der Waals surface area contributed by atoms with Gasteiger partial charge in [-0.1, -0.05) is 12.1 Å². The summed E-state index contributed by atoms with van der Waals surface area (Å²) in [5, 5.41) is 1.36. The summed E-state index contributed by atoms with van der Waals surface area (Å²) in [6.45, 7) is 0. The van der Waals surface area contributed by atoms with E-state index in [4.69, 9.17) is 0 Å². The van der Waals surface area contributed by atoms with Crippen LogP contribution in [0.15, 0.2) is 22.7 Å². The van der Waals surface area contributed by atoms with Crippen LogP contribution in [-0.4, -0.2) is 0 Å². The molecule has 0 saturated carbocycles. The fourth-order valence-electron chi connectivity index (χ4n) is 1.03. The molecule has 4 heteroatoms. The van der Waals surface area contributed by atoms with Crippen molar-refractivity contribution in [2.45, 2.75) is 0 Å². The van der Waals surface area contributed by atoms with Crippen LogP contribution in [0.3, 0.4) is 0 Å². The molecule has 0 fully saturated rings. The van der Waals surface area contributed by atoms with Gasteiger partial charge in [0.05, 0.1) is 7.58 Å². The first-order valence-corrected chi connectivity index (χ1v) is 6.99. The van der Waals surface area contributed by atoms with Gasteiger partial charge in [0.1, 0.15) is 0 Å². The first-order valence-electron chi connectivity index (χ1n) is 3.22. The molecule has 0 aliphatic heterocycles. The van der Waals surface area contributed by atoms with Gasteiger partial charge in [-0.3, -0.25) is 0 Å². The Hall–Kier alpha value is 1.12. The van der Waals surface area contributed by atoms with Crippen LogP contribution in [0.25, 0.3) is 10.1 Å². The Labute approximate surface area is 110 Å². The van der Waals surface area contributed by atoms with E-state index in [2.05, 4.69) is 79.3 Å². The van der Waals surface area contributed by atoms with E-state index in [-0.39, 0.29) is 0 Å². The number of hydrogen-bond acceptors (Lipinski definition) is 1. The maximum absolute atomic E-state index is 3.55. The van der Waals surface area contributed by atoms with Crippen molar-refractivity contribution < 1.29 is 0 Å². The van der Waals surface area contributed by atoms with E-state index < -0.39 is 0 Å². The molecule has 12 heavy (non-hydrogen) atoms. The number of rotatable bonds is 0. The molecule has 0 spiro atoms. The Morgan fingerprint density at radius 2 is 2.00 bits per heavy atom. The van der Waals surface area contributed by atoms with Crippen LogP contribution in [-0.2, 0) is 0 Å². The molecule has 0 nitrogen and oxygen atoms in total. The summed E-state index contributed by atoms with van der Waals surface area (Å²) < 4.78 is 5.29. The van der Waals surface area contributed by atoms with E-state index in [0.29, 0.717) is 0 Å². The SMILES string of the molecule is Brc1cccc2c(I)c(I)sc12. The molecule has 0 N–H and O–H groups in total. The predicted octanol–water partition coefficient (Wildman–Crippen LogP) is 4.87. The monoisotopic (exact) mass is 464 g/mol. The molecule has 2 rings (SSSR count). The fourth-order valence-corrected chi connectivity index (χ4v) is 4.37. The lowest BCUT2D eigenvalue weighted by Gasteiger charge is -1.91. The molecule has 0 aliphatic carbocycles. The molecule has 0 unspecified atom stereocenters. The van der Waals surface area contributed by atoms with Gasteiger partial charge in [-0.25, -0.2) is 0 Å². The summed E-state index contributed by atoms with van der Waals surface area (Å²) in [5.41, 5.74) is 0. The highest BCUT2D eigenvalue weighted by Gasteiger charge is 2.08. The van der Waals surface area contributed by atoms with E-state index in [9.17, 15) is 0 Å². The summed E-state index contributed by atoms with van der Waals surface area (Å²) in [7, 11) is 0. The summed E-state index contributed by atoms with van der Waals surface area (Å²) >= 11 is 10.2. The zero-order chi connectivity index (χ0) is 8.72. The number of hydrogen-bond donors (Lipinski definition) is 0. The minimum absolute atomic E-state index is 1.20. The molecular formula is C8H3BrI2S. The van der Waals surface area contributed by atoms with Crippen molar-refractivity contribution in [1.29, 1.82) is 0 Å². The lowest BCUT2D eigenvalue weighted by molar-refractivity contribution is 1.77. The number of halogens is 3. The Morgan fingerprint density at radius 1 is 1.25 bits per heavy atom. The van der Waals surface area contributed by atoms with Crippen LogP contribution < -0.4 is 0 Å². The first-order chi connectivity index (χ1) is 5.70. The molecule has 1 aromatic heterocycles. The van der Waals surface area contributed by atoms with Crippen LogP contribution in [0, 0.1) is 6.45 Å². The topological polar surface area (TPSA) is 0 Å². The zero-order valence-corrected chi connectivity index (χ0v) is 12.5. The molecular weight excluding hydrogens is 462 g/mol. The van der Waals surface area contributed by atoms with E-state index in [1.165, 1.54) is 21.0 Å². The summed E-state index contributed by atoms with van der Waals surface area (Å²) in [6.07, 6.45) is 0.